The van der Waals surface area contributed by atoms with Crippen molar-refractivity contribution < 1.29 is 9.47 Å². The van der Waals surface area contributed by atoms with Crippen molar-refractivity contribution in [1.82, 2.24) is 0 Å². The molecule has 0 radical (unpaired) electrons. The molecule has 2 aromatic rings. The molecule has 2 aromatic carbocycles. The third kappa shape index (κ3) is 4.84. The van der Waals surface area contributed by atoms with Gasteiger partial charge >= 0.3 is 0 Å². The molecule has 0 aliphatic heterocycles. The Hall–Kier alpha value is -2.98. The van der Waals surface area contributed by atoms with Gasteiger partial charge in [-0.2, -0.15) is 0 Å². The molecule has 0 saturated carbocycles. The van der Waals surface area contributed by atoms with Gasteiger partial charge in [-0.15, -0.1) is 10.5 Å². The number of hydrogen-bond donors (Lipinski definition) is 0. The minimum absolute atomic E-state index is 0.229. The van der Waals surface area contributed by atoms with E-state index in [1.807, 2.05) is 24.3 Å². The average Bonchev–Trinajstić information content (AvgIpc) is 2.67. The summed E-state index contributed by atoms with van der Waals surface area (Å²) in [7, 11) is 0. The molecule has 0 aliphatic rings. The van der Waals surface area contributed by atoms with Crippen LogP contribution in [0.15, 0.2) is 36.4 Å². The van der Waals surface area contributed by atoms with Gasteiger partial charge in [0.1, 0.15) is 11.5 Å². The van der Waals surface area contributed by atoms with E-state index >= 15 is 0 Å². The highest BCUT2D eigenvalue weighted by atomic mass is 16.5. The summed E-state index contributed by atoms with van der Waals surface area (Å²) < 4.78 is 10.3. The highest BCUT2D eigenvalue weighted by Gasteiger charge is 2.19. The maximum absolute atomic E-state index is 8.91. The van der Waals surface area contributed by atoms with Crippen LogP contribution in [0.1, 0.15) is 87.5 Å². The molecule has 28 heavy (non-hydrogen) atoms. The van der Waals surface area contributed by atoms with Gasteiger partial charge in [0.15, 0.2) is 0 Å². The van der Waals surface area contributed by atoms with Crippen molar-refractivity contribution in [3.05, 3.63) is 58.7 Å². The Morgan fingerprint density at radius 1 is 0.786 bits per heavy atom. The van der Waals surface area contributed by atoms with Gasteiger partial charge in [-0.1, -0.05) is 65.3 Å². The van der Waals surface area contributed by atoms with Crippen LogP contribution in [0.5, 0.6) is 11.5 Å². The molecule has 0 aliphatic carbocycles. The lowest BCUT2D eigenvalue weighted by molar-refractivity contribution is 0.495. The van der Waals surface area contributed by atoms with Crippen molar-refractivity contribution >= 4 is 0 Å². The second-order valence-electron chi connectivity index (χ2n) is 7.63. The van der Waals surface area contributed by atoms with Crippen molar-refractivity contribution in [2.45, 2.75) is 65.2 Å². The predicted octanol–water partition coefficient (Wildman–Crippen LogP) is 6.59. The fourth-order valence-electron chi connectivity index (χ4n) is 3.57. The molecule has 0 amide bonds. The largest absolute Gasteiger partial charge is 0.388 e. The van der Waals surface area contributed by atoms with Crippen LogP contribution in [-0.4, -0.2) is 0 Å². The van der Waals surface area contributed by atoms with Crippen LogP contribution in [0.4, 0.5) is 0 Å². The molecule has 0 aromatic heterocycles. The molecular weight excluding hydrogens is 348 g/mol. The molecule has 4 heteroatoms. The maximum Gasteiger partial charge on any atom is 0.292 e. The summed E-state index contributed by atoms with van der Waals surface area (Å²) in [5.74, 6) is 1.98. The topological polar surface area (TPSA) is 66.0 Å². The predicted molar refractivity (Wildman–Crippen MR) is 110 cm³/mol. The number of ether oxygens (including phenoxy) is 2. The molecule has 0 fully saturated rings. The zero-order valence-corrected chi connectivity index (χ0v) is 17.3. The van der Waals surface area contributed by atoms with Gasteiger partial charge in [0, 0.05) is 5.92 Å². The van der Waals surface area contributed by atoms with E-state index in [0.29, 0.717) is 11.5 Å². The number of rotatable bonds is 8. The summed E-state index contributed by atoms with van der Waals surface area (Å²) in [6, 6.07) is 12.2. The lowest BCUT2D eigenvalue weighted by Crippen LogP contribution is -2.05. The van der Waals surface area contributed by atoms with E-state index in [-0.39, 0.29) is 17.8 Å². The number of nitriles is 2. The molecule has 0 atom stereocenters. The van der Waals surface area contributed by atoms with E-state index in [9.17, 15) is 0 Å². The third-order valence-corrected chi connectivity index (χ3v) is 5.00. The molecule has 2 rings (SSSR count). The molecule has 146 valence electrons. The van der Waals surface area contributed by atoms with Crippen LogP contribution in [0.3, 0.4) is 0 Å². The Morgan fingerprint density at radius 2 is 1.21 bits per heavy atom. The lowest BCUT2D eigenvalue weighted by atomic mass is 9.84. The highest BCUT2D eigenvalue weighted by molar-refractivity contribution is 5.47. The maximum atomic E-state index is 8.91. The van der Waals surface area contributed by atoms with Gasteiger partial charge in [-0.3, -0.25) is 0 Å². The van der Waals surface area contributed by atoms with Crippen LogP contribution in [0.25, 0.3) is 0 Å². The van der Waals surface area contributed by atoms with Crippen molar-refractivity contribution in [3.63, 3.8) is 0 Å². The zero-order valence-electron chi connectivity index (χ0n) is 17.3. The van der Waals surface area contributed by atoms with Gasteiger partial charge in [0.2, 0.25) is 0 Å². The minimum atomic E-state index is 0.229. The van der Waals surface area contributed by atoms with Gasteiger partial charge in [-0.05, 0) is 52.6 Å². The minimum Gasteiger partial charge on any atom is -0.388 e. The quantitative estimate of drug-likeness (QED) is 0.488. The summed E-state index contributed by atoms with van der Waals surface area (Å²) in [5, 5.41) is 17.8. The number of benzene rings is 2. The number of hydrogen-bond acceptors (Lipinski definition) is 4. The van der Waals surface area contributed by atoms with E-state index in [0.717, 1.165) is 24.0 Å². The van der Waals surface area contributed by atoms with E-state index in [4.69, 9.17) is 20.0 Å². The summed E-state index contributed by atoms with van der Waals surface area (Å²) in [6.45, 7) is 10.6. The van der Waals surface area contributed by atoms with Crippen LogP contribution < -0.4 is 9.47 Å². The Balaban J connectivity index is 2.54. The second kappa shape index (κ2) is 9.81. The first-order valence-electron chi connectivity index (χ1n) is 9.82. The molecular formula is C24H28N2O2. The van der Waals surface area contributed by atoms with Crippen LogP contribution in [0, 0.1) is 23.0 Å². The molecule has 0 saturated heterocycles. The Bertz CT molecular complexity index is 817. The van der Waals surface area contributed by atoms with E-state index in [2.05, 4.69) is 46.8 Å². The summed E-state index contributed by atoms with van der Waals surface area (Å²) in [6.07, 6.45) is 5.62. The van der Waals surface area contributed by atoms with Crippen molar-refractivity contribution in [2.75, 3.05) is 0 Å². The van der Waals surface area contributed by atoms with Crippen LogP contribution >= 0.6 is 0 Å². The average molecular weight is 377 g/mol. The first-order valence-corrected chi connectivity index (χ1v) is 9.82. The Labute approximate surface area is 168 Å². The molecule has 0 heterocycles. The smallest absolute Gasteiger partial charge is 0.292 e. The third-order valence-electron chi connectivity index (χ3n) is 5.00. The first kappa shape index (κ1) is 21.3. The van der Waals surface area contributed by atoms with Crippen LogP contribution in [0.2, 0.25) is 0 Å². The monoisotopic (exact) mass is 376 g/mol. The molecule has 4 nitrogen and oxygen atoms in total. The van der Waals surface area contributed by atoms with Gasteiger partial charge in [0.05, 0.1) is 0 Å². The molecule has 0 spiro atoms. The van der Waals surface area contributed by atoms with E-state index in [1.165, 1.54) is 11.1 Å². The van der Waals surface area contributed by atoms with Crippen molar-refractivity contribution in [1.29, 1.82) is 10.5 Å². The standard InChI is InChI=1S/C24H28N2O2/c1-6-7-20(18-8-10-23(27-14-25)21(12-18)16(2)3)19-9-11-24(28-15-26)22(13-19)17(4)5/h8-13,16-17,20H,6-7H2,1-5H3. The SMILES string of the molecule is CCCC(c1ccc(OC#N)c(C(C)C)c1)c1ccc(OC#N)c(C(C)C)c1. The Morgan fingerprint density at radius 3 is 1.54 bits per heavy atom. The van der Waals surface area contributed by atoms with Gasteiger partial charge < -0.3 is 9.47 Å². The lowest BCUT2D eigenvalue weighted by Gasteiger charge is -2.22. The Kier molecular flexibility index (Phi) is 7.47. The second-order valence-corrected chi connectivity index (χ2v) is 7.63. The normalized spacial score (nSPS) is 10.8. The summed E-state index contributed by atoms with van der Waals surface area (Å²) >= 11 is 0. The first-order chi connectivity index (χ1) is 13.4. The zero-order chi connectivity index (χ0) is 20.7. The van der Waals surface area contributed by atoms with E-state index < -0.39 is 0 Å². The van der Waals surface area contributed by atoms with Gasteiger partial charge in [-0.25, -0.2) is 0 Å². The molecule has 0 bridgehead atoms. The van der Waals surface area contributed by atoms with E-state index in [1.54, 1.807) is 12.5 Å². The van der Waals surface area contributed by atoms with Gasteiger partial charge in [0.25, 0.3) is 12.5 Å². The fourth-order valence-corrected chi connectivity index (χ4v) is 3.57. The highest BCUT2D eigenvalue weighted by Crippen LogP contribution is 2.37. The molecule has 0 unspecified atom stereocenters. The summed E-state index contributed by atoms with van der Waals surface area (Å²) in [5.41, 5.74) is 4.49. The summed E-state index contributed by atoms with van der Waals surface area (Å²) in [4.78, 5) is 0. The van der Waals surface area contributed by atoms with Crippen molar-refractivity contribution in [3.8, 4) is 24.0 Å². The number of nitrogens with zero attached hydrogens (tertiary/aromatic N) is 2. The fraction of sp³-hybridized carbons (Fsp3) is 0.417. The van der Waals surface area contributed by atoms with Crippen LogP contribution in [-0.2, 0) is 0 Å². The molecule has 0 N–H and O–H groups in total. The van der Waals surface area contributed by atoms with Crippen molar-refractivity contribution in [2.24, 2.45) is 0 Å².